The first-order valence-corrected chi connectivity index (χ1v) is 8.69. The summed E-state index contributed by atoms with van der Waals surface area (Å²) in [5.41, 5.74) is 2.30. The smallest absolute Gasteiger partial charge is 0.258 e. The van der Waals surface area contributed by atoms with Crippen LogP contribution in [0.4, 0.5) is 0 Å². The zero-order valence-electron chi connectivity index (χ0n) is 13.7. The van der Waals surface area contributed by atoms with Crippen molar-refractivity contribution in [2.75, 3.05) is 20.7 Å². The summed E-state index contributed by atoms with van der Waals surface area (Å²) in [5, 5.41) is 3.50. The van der Waals surface area contributed by atoms with Gasteiger partial charge in [0.1, 0.15) is 5.75 Å². The van der Waals surface area contributed by atoms with Crippen molar-refractivity contribution in [3.63, 3.8) is 0 Å². The van der Waals surface area contributed by atoms with Gasteiger partial charge in [0.05, 0.1) is 4.47 Å². The van der Waals surface area contributed by atoms with Crippen LogP contribution in [0.1, 0.15) is 11.1 Å². The molecule has 24 heavy (non-hydrogen) atoms. The summed E-state index contributed by atoms with van der Waals surface area (Å²) >= 11 is 9.24. The van der Waals surface area contributed by atoms with Gasteiger partial charge in [-0.15, -0.1) is 0 Å². The predicted molar refractivity (Wildman–Crippen MR) is 100 cm³/mol. The van der Waals surface area contributed by atoms with E-state index in [0.29, 0.717) is 17.3 Å². The van der Waals surface area contributed by atoms with Crippen molar-refractivity contribution in [1.29, 1.82) is 0 Å². The van der Waals surface area contributed by atoms with Gasteiger partial charge < -0.3 is 15.0 Å². The highest BCUT2D eigenvalue weighted by atomic mass is 79.9. The van der Waals surface area contributed by atoms with Gasteiger partial charge in [0.25, 0.3) is 5.91 Å². The number of ether oxygens (including phenoxy) is 1. The maximum absolute atomic E-state index is 12.0. The minimum Gasteiger partial charge on any atom is -0.483 e. The molecule has 1 amide bonds. The number of carbonyl (C=O) groups is 1. The molecule has 2 aromatic rings. The van der Waals surface area contributed by atoms with E-state index in [9.17, 15) is 4.79 Å². The summed E-state index contributed by atoms with van der Waals surface area (Å²) in [6, 6.07) is 13.3. The molecule has 2 aromatic carbocycles. The Balaban J connectivity index is 1.87. The van der Waals surface area contributed by atoms with Crippen molar-refractivity contribution < 1.29 is 9.53 Å². The van der Waals surface area contributed by atoms with Crippen molar-refractivity contribution >= 4 is 33.4 Å². The van der Waals surface area contributed by atoms with E-state index in [0.717, 1.165) is 16.6 Å². The van der Waals surface area contributed by atoms with Crippen LogP contribution < -0.4 is 10.1 Å². The van der Waals surface area contributed by atoms with Crippen LogP contribution in [0.15, 0.2) is 46.9 Å². The summed E-state index contributed by atoms with van der Waals surface area (Å²) in [6.07, 6.45) is 0. The lowest BCUT2D eigenvalue weighted by Gasteiger charge is -2.15. The Labute approximate surface area is 155 Å². The van der Waals surface area contributed by atoms with Gasteiger partial charge in [0.15, 0.2) is 6.61 Å². The molecule has 0 fully saturated rings. The lowest BCUT2D eigenvalue weighted by molar-refractivity contribution is -0.123. The first-order chi connectivity index (χ1) is 11.5. The molecular formula is C18H20BrClN2O2. The fraction of sp³-hybridized carbons (Fsp3) is 0.278. The summed E-state index contributed by atoms with van der Waals surface area (Å²) in [6.45, 7) is 1.27. The second-order valence-corrected chi connectivity index (χ2v) is 6.94. The maximum atomic E-state index is 12.0. The topological polar surface area (TPSA) is 41.6 Å². The number of benzene rings is 2. The maximum Gasteiger partial charge on any atom is 0.258 e. The van der Waals surface area contributed by atoms with Gasteiger partial charge >= 0.3 is 0 Å². The molecular weight excluding hydrogens is 392 g/mol. The summed E-state index contributed by atoms with van der Waals surface area (Å²) in [7, 11) is 4.04. The Hall–Kier alpha value is -1.56. The molecule has 4 nitrogen and oxygen atoms in total. The Bertz CT molecular complexity index is 707. The van der Waals surface area contributed by atoms with Crippen LogP contribution in [0.3, 0.4) is 0 Å². The number of nitrogens with zero attached hydrogens (tertiary/aromatic N) is 1. The van der Waals surface area contributed by atoms with Crippen LogP contribution in [0.5, 0.6) is 5.75 Å². The molecule has 0 atom stereocenters. The molecule has 0 unspecified atom stereocenters. The van der Waals surface area contributed by atoms with Gasteiger partial charge in [0.2, 0.25) is 0 Å². The average Bonchev–Trinajstić information content (AvgIpc) is 2.52. The third-order valence-corrected chi connectivity index (χ3v) is 4.19. The van der Waals surface area contributed by atoms with Crippen molar-refractivity contribution in [2.24, 2.45) is 0 Å². The Morgan fingerprint density at radius 1 is 1.21 bits per heavy atom. The van der Waals surface area contributed by atoms with E-state index in [4.69, 9.17) is 16.3 Å². The first kappa shape index (κ1) is 18.8. The Kier molecular flexibility index (Phi) is 7.09. The molecule has 0 spiro atoms. The first-order valence-electron chi connectivity index (χ1n) is 7.52. The van der Waals surface area contributed by atoms with Crippen molar-refractivity contribution in [2.45, 2.75) is 13.1 Å². The second-order valence-electron chi connectivity index (χ2n) is 5.65. The van der Waals surface area contributed by atoms with E-state index in [1.54, 1.807) is 18.2 Å². The average molecular weight is 412 g/mol. The second kappa shape index (κ2) is 9.06. The highest BCUT2D eigenvalue weighted by Crippen LogP contribution is 2.27. The third-order valence-electron chi connectivity index (χ3n) is 3.33. The molecule has 2 rings (SSSR count). The van der Waals surface area contributed by atoms with Gasteiger partial charge in [-0.05, 0) is 59.4 Å². The molecule has 6 heteroatoms. The molecule has 0 aliphatic heterocycles. The quantitative estimate of drug-likeness (QED) is 0.752. The van der Waals surface area contributed by atoms with Crippen molar-refractivity contribution in [1.82, 2.24) is 10.2 Å². The number of nitrogens with one attached hydrogen (secondary N) is 1. The van der Waals surface area contributed by atoms with Crippen LogP contribution in [0.2, 0.25) is 5.02 Å². The molecule has 0 bridgehead atoms. The van der Waals surface area contributed by atoms with E-state index >= 15 is 0 Å². The predicted octanol–water partition coefficient (Wildman–Crippen LogP) is 3.86. The van der Waals surface area contributed by atoms with Crippen LogP contribution >= 0.6 is 27.5 Å². The minimum atomic E-state index is -0.170. The zero-order valence-corrected chi connectivity index (χ0v) is 16.0. The number of halogens is 2. The minimum absolute atomic E-state index is 0.0456. The molecule has 0 aromatic heterocycles. The van der Waals surface area contributed by atoms with Gasteiger partial charge in [0, 0.05) is 18.1 Å². The number of carbonyl (C=O) groups excluding carboxylic acids is 1. The fourth-order valence-electron chi connectivity index (χ4n) is 2.21. The summed E-state index contributed by atoms with van der Waals surface area (Å²) in [5.74, 6) is 0.416. The van der Waals surface area contributed by atoms with E-state index in [-0.39, 0.29) is 12.5 Å². The number of rotatable bonds is 7. The largest absolute Gasteiger partial charge is 0.483 e. The Morgan fingerprint density at radius 2 is 1.92 bits per heavy atom. The molecule has 0 heterocycles. The fourth-order valence-corrected chi connectivity index (χ4v) is 3.00. The normalized spacial score (nSPS) is 10.7. The molecule has 1 N–H and O–H groups in total. The van der Waals surface area contributed by atoms with Crippen LogP contribution in [0.25, 0.3) is 0 Å². The molecule has 0 aliphatic rings. The zero-order chi connectivity index (χ0) is 17.5. The van der Waals surface area contributed by atoms with Gasteiger partial charge in [-0.2, -0.15) is 0 Å². The van der Waals surface area contributed by atoms with Crippen molar-refractivity contribution in [3.8, 4) is 5.75 Å². The molecule has 128 valence electrons. The molecule has 0 saturated carbocycles. The van der Waals surface area contributed by atoms with Crippen molar-refractivity contribution in [3.05, 3.63) is 63.1 Å². The third kappa shape index (κ3) is 5.82. The van der Waals surface area contributed by atoms with Crippen LogP contribution in [-0.4, -0.2) is 31.5 Å². The molecule has 0 saturated heterocycles. The monoisotopic (exact) mass is 410 g/mol. The summed E-state index contributed by atoms with van der Waals surface area (Å²) in [4.78, 5) is 14.1. The van der Waals surface area contributed by atoms with Crippen LogP contribution in [0, 0.1) is 0 Å². The SMILES string of the molecule is CN(C)Cc1ccccc1CNC(=O)COc1ccc(Cl)cc1Br. The number of hydrogen-bond acceptors (Lipinski definition) is 3. The lowest BCUT2D eigenvalue weighted by Crippen LogP contribution is -2.29. The molecule has 0 radical (unpaired) electrons. The highest BCUT2D eigenvalue weighted by Gasteiger charge is 2.08. The van der Waals surface area contributed by atoms with E-state index in [2.05, 4.69) is 32.2 Å². The Morgan fingerprint density at radius 3 is 2.58 bits per heavy atom. The van der Waals surface area contributed by atoms with Crippen LogP contribution in [-0.2, 0) is 17.9 Å². The van der Waals surface area contributed by atoms with Gasteiger partial charge in [-0.25, -0.2) is 0 Å². The van der Waals surface area contributed by atoms with Gasteiger partial charge in [-0.3, -0.25) is 4.79 Å². The highest BCUT2D eigenvalue weighted by molar-refractivity contribution is 9.10. The van der Waals surface area contributed by atoms with Gasteiger partial charge in [-0.1, -0.05) is 35.9 Å². The van der Waals surface area contributed by atoms with E-state index in [1.807, 2.05) is 32.3 Å². The van der Waals surface area contributed by atoms with E-state index < -0.39 is 0 Å². The molecule has 0 aliphatic carbocycles. The number of amides is 1. The van der Waals surface area contributed by atoms with E-state index in [1.165, 1.54) is 5.56 Å². The summed E-state index contributed by atoms with van der Waals surface area (Å²) < 4.78 is 6.23. The number of hydrogen-bond donors (Lipinski definition) is 1. The standard InChI is InChI=1S/C18H20BrClN2O2/c1-22(2)11-14-6-4-3-5-13(14)10-21-18(23)12-24-17-8-7-15(20)9-16(17)19/h3-9H,10-12H2,1-2H3,(H,21,23). The lowest BCUT2D eigenvalue weighted by atomic mass is 10.1.